The monoisotopic (exact) mass is 573 g/mol. The molecule has 0 radical (unpaired) electrons. The zero-order valence-electron chi connectivity index (χ0n) is 24.7. The van der Waals surface area contributed by atoms with Crippen LogP contribution in [-0.2, 0) is 0 Å². The first kappa shape index (κ1) is 31.5. The van der Waals surface area contributed by atoms with Gasteiger partial charge in [0.15, 0.2) is 11.5 Å². The molecule has 0 fully saturated rings. The van der Waals surface area contributed by atoms with Crippen molar-refractivity contribution in [2.75, 3.05) is 12.4 Å². The van der Waals surface area contributed by atoms with Crippen molar-refractivity contribution < 1.29 is 14.2 Å². The minimum Gasteiger partial charge on any atom is -0.493 e. The molecular weight excluding hydrogens is 534 g/mol. The van der Waals surface area contributed by atoms with E-state index in [-0.39, 0.29) is 6.10 Å². The van der Waals surface area contributed by atoms with E-state index < -0.39 is 0 Å². The lowest BCUT2D eigenvalue weighted by Crippen LogP contribution is -2.18. The van der Waals surface area contributed by atoms with Crippen LogP contribution in [0.4, 0.5) is 5.69 Å². The first-order valence-electron chi connectivity index (χ1n) is 13.9. The molecule has 0 spiro atoms. The summed E-state index contributed by atoms with van der Waals surface area (Å²) in [5.41, 5.74) is 4.21. The molecule has 0 aliphatic heterocycles. The summed E-state index contributed by atoms with van der Waals surface area (Å²) in [6.45, 7) is 15.7. The van der Waals surface area contributed by atoms with Crippen molar-refractivity contribution >= 4 is 35.5 Å². The lowest BCUT2D eigenvalue weighted by Gasteiger charge is -2.22. The minimum absolute atomic E-state index is 0.113. The molecule has 216 valence electrons. The summed E-state index contributed by atoms with van der Waals surface area (Å²) in [6.07, 6.45) is 7.55. The largest absolute Gasteiger partial charge is 0.493 e. The fraction of sp³-hybridized carbons (Fsp3) is 0.294. The topological polar surface area (TPSA) is 64.4 Å². The highest BCUT2D eigenvalue weighted by molar-refractivity contribution is 6.34. The maximum Gasteiger partial charge on any atom is 0.162 e. The average Bonchev–Trinajstić information content (AvgIpc) is 2.96. The number of allylic oxidation sites excluding steroid dienone is 1. The fourth-order valence-electron chi connectivity index (χ4n) is 4.51. The Kier molecular flexibility index (Phi) is 12.0. The Morgan fingerprint density at radius 1 is 1.02 bits per heavy atom. The van der Waals surface area contributed by atoms with Crippen LogP contribution >= 0.6 is 11.6 Å². The standard InChI is InChI=1S/C34H40ClN3O3/c1-8-13-25(14-9-2)41-33-22-28(23(5)19-32(33)39-7)34(37-11-4)38-31-18-17-27(21-29(31)35)40-26-16-12-15-24(20-26)30(10-3)36-6/h10-12,15-22,25H,4,6,8-9,13-14H2,1-3,5,7H3,(H,37,38)/b30-10-. The van der Waals surface area contributed by atoms with Crippen molar-refractivity contribution in [1.29, 1.82) is 0 Å². The number of aliphatic imine (C=N–C) groups is 2. The summed E-state index contributed by atoms with van der Waals surface area (Å²) in [5, 5.41) is 3.85. The SMILES string of the molecule is C=C/N=C(/Nc1ccc(Oc2cccc(/C(=C/C)N=C)c2)cc1Cl)c1cc(OC(CCC)CCC)c(OC)cc1C. The summed E-state index contributed by atoms with van der Waals surface area (Å²) in [4.78, 5) is 8.60. The quantitative estimate of drug-likeness (QED) is 0.154. The van der Waals surface area contributed by atoms with Gasteiger partial charge in [-0.1, -0.05) is 63.1 Å². The molecule has 0 aromatic heterocycles. The van der Waals surface area contributed by atoms with Crippen LogP contribution < -0.4 is 19.5 Å². The number of methoxy groups -OCH3 is 1. The van der Waals surface area contributed by atoms with Gasteiger partial charge in [-0.15, -0.1) is 0 Å². The van der Waals surface area contributed by atoms with Gasteiger partial charge in [-0.05, 0) is 75.4 Å². The fourth-order valence-corrected chi connectivity index (χ4v) is 4.72. The Bertz CT molecular complexity index is 1410. The number of nitrogens with zero attached hydrogens (tertiary/aromatic N) is 2. The van der Waals surface area contributed by atoms with Crippen LogP contribution in [0.15, 0.2) is 83.4 Å². The zero-order chi connectivity index (χ0) is 29.8. The molecule has 6 nitrogen and oxygen atoms in total. The molecule has 3 rings (SSSR count). The highest BCUT2D eigenvalue weighted by atomic mass is 35.5. The number of halogens is 1. The van der Waals surface area contributed by atoms with Gasteiger partial charge >= 0.3 is 0 Å². The number of hydrogen-bond acceptors (Lipinski definition) is 5. The highest BCUT2D eigenvalue weighted by Crippen LogP contribution is 2.35. The van der Waals surface area contributed by atoms with Crippen molar-refractivity contribution in [2.24, 2.45) is 9.98 Å². The van der Waals surface area contributed by atoms with Crippen molar-refractivity contribution in [3.8, 4) is 23.0 Å². The number of rotatable bonds is 14. The Morgan fingerprint density at radius 3 is 2.37 bits per heavy atom. The third-order valence-corrected chi connectivity index (χ3v) is 6.82. The number of nitrogens with one attached hydrogen (secondary N) is 1. The van der Waals surface area contributed by atoms with Gasteiger partial charge < -0.3 is 19.5 Å². The first-order chi connectivity index (χ1) is 19.9. The van der Waals surface area contributed by atoms with Gasteiger partial charge in [-0.25, -0.2) is 4.99 Å². The number of hydrogen-bond donors (Lipinski definition) is 1. The Hall–Kier alpha value is -4.03. The van der Waals surface area contributed by atoms with E-state index in [1.54, 1.807) is 13.2 Å². The Morgan fingerprint density at radius 2 is 1.76 bits per heavy atom. The van der Waals surface area contributed by atoms with Crippen LogP contribution in [0.3, 0.4) is 0 Å². The average molecular weight is 574 g/mol. The molecule has 0 bridgehead atoms. The van der Waals surface area contributed by atoms with E-state index in [1.165, 1.54) is 6.20 Å². The van der Waals surface area contributed by atoms with E-state index in [0.717, 1.165) is 48.1 Å². The molecule has 3 aromatic rings. The molecule has 3 aromatic carbocycles. The normalized spacial score (nSPS) is 11.8. The second kappa shape index (κ2) is 15.7. The second-order valence-corrected chi connectivity index (χ2v) is 9.93. The van der Waals surface area contributed by atoms with Crippen LogP contribution in [0.25, 0.3) is 5.70 Å². The van der Waals surface area contributed by atoms with Crippen molar-refractivity contribution in [2.45, 2.75) is 59.5 Å². The number of aryl methyl sites for hydroxylation is 1. The van der Waals surface area contributed by atoms with E-state index >= 15 is 0 Å². The first-order valence-corrected chi connectivity index (χ1v) is 14.3. The van der Waals surface area contributed by atoms with Crippen molar-refractivity contribution in [3.63, 3.8) is 0 Å². The Labute approximate surface area is 249 Å². The molecule has 0 saturated carbocycles. The summed E-state index contributed by atoms with van der Waals surface area (Å²) in [7, 11) is 1.66. The number of amidine groups is 1. The van der Waals surface area contributed by atoms with Crippen molar-refractivity contribution in [3.05, 3.63) is 95.2 Å². The smallest absolute Gasteiger partial charge is 0.162 e. The van der Waals surface area contributed by atoms with Gasteiger partial charge in [-0.3, -0.25) is 4.99 Å². The van der Waals surface area contributed by atoms with Crippen LogP contribution in [-0.4, -0.2) is 25.8 Å². The molecule has 0 unspecified atom stereocenters. The number of anilines is 1. The maximum absolute atomic E-state index is 6.71. The van der Waals surface area contributed by atoms with Crippen LogP contribution in [0.2, 0.25) is 5.02 Å². The third-order valence-electron chi connectivity index (χ3n) is 6.50. The van der Waals surface area contributed by atoms with Crippen LogP contribution in [0.1, 0.15) is 63.1 Å². The predicted octanol–water partition coefficient (Wildman–Crippen LogP) is 9.86. The number of ether oxygens (including phenoxy) is 3. The molecule has 0 aliphatic rings. The summed E-state index contributed by atoms with van der Waals surface area (Å²) < 4.78 is 18.2. The van der Waals surface area contributed by atoms with Gasteiger partial charge in [-0.2, -0.15) is 0 Å². The summed E-state index contributed by atoms with van der Waals surface area (Å²) in [6, 6.07) is 17.1. The zero-order valence-corrected chi connectivity index (χ0v) is 25.4. The molecule has 7 heteroatoms. The molecule has 0 saturated heterocycles. The van der Waals surface area contributed by atoms with Gasteiger partial charge in [0.05, 0.1) is 29.6 Å². The molecule has 0 amide bonds. The van der Waals surface area contributed by atoms with Gasteiger partial charge in [0.25, 0.3) is 0 Å². The minimum atomic E-state index is 0.113. The van der Waals surface area contributed by atoms with Gasteiger partial charge in [0.2, 0.25) is 0 Å². The Balaban J connectivity index is 1.88. The second-order valence-electron chi connectivity index (χ2n) is 9.52. The molecule has 0 heterocycles. The highest BCUT2D eigenvalue weighted by Gasteiger charge is 2.18. The van der Waals surface area contributed by atoms with E-state index in [9.17, 15) is 0 Å². The van der Waals surface area contributed by atoms with Gasteiger partial charge in [0, 0.05) is 23.4 Å². The van der Waals surface area contributed by atoms with Crippen LogP contribution in [0, 0.1) is 6.92 Å². The maximum atomic E-state index is 6.71. The summed E-state index contributed by atoms with van der Waals surface area (Å²) >= 11 is 6.71. The van der Waals surface area contributed by atoms with E-state index in [0.29, 0.717) is 39.5 Å². The summed E-state index contributed by atoms with van der Waals surface area (Å²) in [5.74, 6) is 3.23. The van der Waals surface area contributed by atoms with E-state index in [1.807, 2.05) is 68.5 Å². The third kappa shape index (κ3) is 8.48. The molecule has 0 atom stereocenters. The molecule has 1 N–H and O–H groups in total. The van der Waals surface area contributed by atoms with E-state index in [2.05, 4.69) is 42.4 Å². The molecular formula is C34H40ClN3O3. The van der Waals surface area contributed by atoms with Crippen LogP contribution in [0.5, 0.6) is 23.0 Å². The lowest BCUT2D eigenvalue weighted by molar-refractivity contribution is 0.172. The predicted molar refractivity (Wildman–Crippen MR) is 173 cm³/mol. The number of benzene rings is 3. The van der Waals surface area contributed by atoms with Crippen molar-refractivity contribution in [1.82, 2.24) is 0 Å². The van der Waals surface area contributed by atoms with E-state index in [4.69, 9.17) is 25.8 Å². The lowest BCUT2D eigenvalue weighted by atomic mass is 10.1. The van der Waals surface area contributed by atoms with Gasteiger partial charge in [0.1, 0.15) is 17.3 Å². The molecule has 0 aliphatic carbocycles. The molecule has 41 heavy (non-hydrogen) atoms.